The zero-order chi connectivity index (χ0) is 13.1. The lowest BCUT2D eigenvalue weighted by Crippen LogP contribution is -1.85. The summed E-state index contributed by atoms with van der Waals surface area (Å²) in [4.78, 5) is 9.38. The zero-order valence-electron chi connectivity index (χ0n) is 10.9. The lowest BCUT2D eigenvalue weighted by molar-refractivity contribution is 1.10. The van der Waals surface area contributed by atoms with Crippen molar-refractivity contribution in [2.45, 2.75) is 18.2 Å². The van der Waals surface area contributed by atoms with Crippen molar-refractivity contribution in [3.05, 3.63) is 48.5 Å². The van der Waals surface area contributed by atoms with Crippen molar-refractivity contribution in [2.24, 2.45) is 0 Å². The van der Waals surface area contributed by atoms with Crippen LogP contribution in [0.3, 0.4) is 0 Å². The van der Waals surface area contributed by atoms with E-state index in [0.29, 0.717) is 0 Å². The van der Waals surface area contributed by atoms with Crippen molar-refractivity contribution in [3.8, 4) is 11.4 Å². The van der Waals surface area contributed by atoms with Gasteiger partial charge in [0.15, 0.2) is 0 Å². The number of hydrogen-bond donors (Lipinski definition) is 1. The van der Waals surface area contributed by atoms with Gasteiger partial charge < -0.3 is 4.98 Å². The number of nitrogens with zero attached hydrogens (tertiary/aromatic N) is 1. The Kier molecular flexibility index (Phi) is 3.56. The molecule has 0 bridgehead atoms. The fourth-order valence-corrected chi connectivity index (χ4v) is 3.00. The van der Waals surface area contributed by atoms with Crippen LogP contribution in [0.5, 0.6) is 0 Å². The Balaban J connectivity index is 2.05. The number of fused-ring (bicyclic) bond motifs is 1. The van der Waals surface area contributed by atoms with Crippen molar-refractivity contribution in [1.82, 2.24) is 9.97 Å². The number of aromatic nitrogens is 2. The summed E-state index contributed by atoms with van der Waals surface area (Å²) in [5, 5.41) is 0. The molecule has 0 aliphatic heterocycles. The van der Waals surface area contributed by atoms with Crippen molar-refractivity contribution in [1.29, 1.82) is 0 Å². The van der Waals surface area contributed by atoms with E-state index < -0.39 is 0 Å². The molecule has 2 aromatic carbocycles. The van der Waals surface area contributed by atoms with Crippen molar-refractivity contribution in [2.75, 3.05) is 5.75 Å². The van der Waals surface area contributed by atoms with Crippen LogP contribution < -0.4 is 0 Å². The van der Waals surface area contributed by atoms with Crippen LogP contribution in [0.1, 0.15) is 13.3 Å². The molecule has 19 heavy (non-hydrogen) atoms. The predicted octanol–water partition coefficient (Wildman–Crippen LogP) is 4.73. The lowest BCUT2D eigenvalue weighted by atomic mass is 10.2. The molecule has 2 nitrogen and oxygen atoms in total. The Morgan fingerprint density at radius 3 is 2.68 bits per heavy atom. The van der Waals surface area contributed by atoms with Gasteiger partial charge in [0, 0.05) is 10.5 Å². The third-order valence-electron chi connectivity index (χ3n) is 2.99. The molecule has 0 saturated heterocycles. The number of thioether (sulfide) groups is 1. The largest absolute Gasteiger partial charge is 0.338 e. The minimum Gasteiger partial charge on any atom is -0.338 e. The summed E-state index contributed by atoms with van der Waals surface area (Å²) in [6, 6.07) is 16.6. The molecule has 0 unspecified atom stereocenters. The Morgan fingerprint density at radius 1 is 1.05 bits per heavy atom. The summed E-state index contributed by atoms with van der Waals surface area (Å²) >= 11 is 1.89. The van der Waals surface area contributed by atoms with Crippen LogP contribution in [0.4, 0.5) is 0 Å². The molecule has 0 fully saturated rings. The molecule has 3 rings (SSSR count). The maximum atomic E-state index is 4.68. The van der Waals surface area contributed by atoms with E-state index in [1.54, 1.807) is 0 Å². The predicted molar refractivity (Wildman–Crippen MR) is 82.5 cm³/mol. The quantitative estimate of drug-likeness (QED) is 0.693. The number of benzene rings is 2. The summed E-state index contributed by atoms with van der Waals surface area (Å²) in [6.07, 6.45) is 1.18. The molecule has 0 aliphatic rings. The number of nitrogens with one attached hydrogen (secondary N) is 1. The summed E-state index contributed by atoms with van der Waals surface area (Å²) in [7, 11) is 0. The van der Waals surface area contributed by atoms with Gasteiger partial charge in [0.1, 0.15) is 5.82 Å². The van der Waals surface area contributed by atoms with Gasteiger partial charge in [-0.3, -0.25) is 0 Å². The molecule has 0 radical (unpaired) electrons. The monoisotopic (exact) mass is 268 g/mol. The third kappa shape index (κ3) is 2.51. The molecule has 0 amide bonds. The Morgan fingerprint density at radius 2 is 1.84 bits per heavy atom. The van der Waals surface area contributed by atoms with Crippen molar-refractivity contribution < 1.29 is 0 Å². The van der Waals surface area contributed by atoms with Crippen LogP contribution in [0.25, 0.3) is 22.4 Å². The molecule has 0 spiro atoms. The molecule has 1 N–H and O–H groups in total. The second-order valence-electron chi connectivity index (χ2n) is 4.45. The number of para-hydroxylation sites is 2. The minimum absolute atomic E-state index is 0.959. The number of aromatic amines is 1. The van der Waals surface area contributed by atoms with Gasteiger partial charge in [-0.15, -0.1) is 11.8 Å². The van der Waals surface area contributed by atoms with Gasteiger partial charge in [0.05, 0.1) is 11.0 Å². The second-order valence-corrected chi connectivity index (χ2v) is 5.58. The highest BCUT2D eigenvalue weighted by atomic mass is 32.2. The topological polar surface area (TPSA) is 28.7 Å². The summed E-state index contributed by atoms with van der Waals surface area (Å²) < 4.78 is 0. The van der Waals surface area contributed by atoms with Gasteiger partial charge in [0.2, 0.25) is 0 Å². The minimum atomic E-state index is 0.959. The first-order valence-corrected chi connectivity index (χ1v) is 7.54. The van der Waals surface area contributed by atoms with Crippen LogP contribution in [0, 0.1) is 0 Å². The van der Waals surface area contributed by atoms with Crippen molar-refractivity contribution in [3.63, 3.8) is 0 Å². The van der Waals surface area contributed by atoms with Gasteiger partial charge in [-0.25, -0.2) is 4.98 Å². The molecular formula is C16H16N2S. The van der Waals surface area contributed by atoms with Crippen LogP contribution in [-0.2, 0) is 0 Å². The first-order chi connectivity index (χ1) is 9.38. The van der Waals surface area contributed by atoms with Gasteiger partial charge in [-0.2, -0.15) is 0 Å². The first kappa shape index (κ1) is 12.3. The molecule has 3 aromatic rings. The molecule has 0 atom stereocenters. The van der Waals surface area contributed by atoms with Gasteiger partial charge in [-0.1, -0.05) is 37.3 Å². The second kappa shape index (κ2) is 5.49. The van der Waals surface area contributed by atoms with E-state index in [-0.39, 0.29) is 0 Å². The maximum Gasteiger partial charge on any atom is 0.139 e. The van der Waals surface area contributed by atoms with E-state index in [0.717, 1.165) is 22.6 Å². The van der Waals surface area contributed by atoms with Crippen LogP contribution >= 0.6 is 11.8 Å². The van der Waals surface area contributed by atoms with Gasteiger partial charge >= 0.3 is 0 Å². The highest BCUT2D eigenvalue weighted by Crippen LogP contribution is 2.31. The number of rotatable bonds is 4. The van der Waals surface area contributed by atoms with E-state index in [2.05, 4.69) is 47.2 Å². The highest BCUT2D eigenvalue weighted by molar-refractivity contribution is 7.99. The summed E-state index contributed by atoms with van der Waals surface area (Å²) in [6.45, 7) is 2.21. The Bertz CT molecular complexity index is 655. The van der Waals surface area contributed by atoms with Crippen LogP contribution in [0.2, 0.25) is 0 Å². The van der Waals surface area contributed by atoms with Crippen LogP contribution in [0.15, 0.2) is 53.4 Å². The Labute approximate surface area is 117 Å². The van der Waals surface area contributed by atoms with Crippen LogP contribution in [-0.4, -0.2) is 15.7 Å². The molecule has 3 heteroatoms. The van der Waals surface area contributed by atoms with Gasteiger partial charge in [0.25, 0.3) is 0 Å². The summed E-state index contributed by atoms with van der Waals surface area (Å²) in [5.41, 5.74) is 3.30. The molecule has 96 valence electrons. The zero-order valence-corrected chi connectivity index (χ0v) is 11.7. The number of H-pyrrole nitrogens is 1. The average molecular weight is 268 g/mol. The number of imidazole rings is 1. The molecule has 1 aromatic heterocycles. The SMILES string of the molecule is CCCSc1ccccc1-c1nc2ccccc2[nH]1. The normalized spacial score (nSPS) is 11.0. The van der Waals surface area contributed by atoms with E-state index >= 15 is 0 Å². The number of hydrogen-bond acceptors (Lipinski definition) is 2. The lowest BCUT2D eigenvalue weighted by Gasteiger charge is -2.05. The first-order valence-electron chi connectivity index (χ1n) is 6.55. The van der Waals surface area contributed by atoms with E-state index in [4.69, 9.17) is 0 Å². The third-order valence-corrected chi connectivity index (χ3v) is 4.27. The fourth-order valence-electron chi connectivity index (χ4n) is 2.08. The standard InChI is InChI=1S/C16H16N2S/c1-2-11-19-15-10-6-3-7-12(15)16-17-13-8-4-5-9-14(13)18-16/h3-10H,2,11H2,1H3,(H,17,18). The average Bonchev–Trinajstić information content (AvgIpc) is 2.89. The summed E-state index contributed by atoms with van der Waals surface area (Å²) in [5.74, 6) is 2.09. The molecule has 1 heterocycles. The maximum absolute atomic E-state index is 4.68. The highest BCUT2D eigenvalue weighted by Gasteiger charge is 2.09. The Hall–Kier alpha value is -1.74. The fraction of sp³-hybridized carbons (Fsp3) is 0.188. The van der Waals surface area contributed by atoms with Crippen molar-refractivity contribution >= 4 is 22.8 Å². The van der Waals surface area contributed by atoms with E-state index in [1.807, 2.05) is 30.0 Å². The molecule has 0 saturated carbocycles. The molecular weight excluding hydrogens is 252 g/mol. The smallest absolute Gasteiger partial charge is 0.139 e. The van der Waals surface area contributed by atoms with E-state index in [9.17, 15) is 0 Å². The van der Waals surface area contributed by atoms with Gasteiger partial charge in [-0.05, 0) is 30.4 Å². The molecule has 0 aliphatic carbocycles. The van der Waals surface area contributed by atoms with E-state index in [1.165, 1.54) is 16.9 Å².